The van der Waals surface area contributed by atoms with Crippen molar-refractivity contribution in [2.75, 3.05) is 36.8 Å². The molecule has 0 atom stereocenters. The third kappa shape index (κ3) is 4.35. The Morgan fingerprint density at radius 2 is 1.95 bits per heavy atom. The molecular weight excluding hydrogens is 238 g/mol. The van der Waals surface area contributed by atoms with Crippen LogP contribution in [0.5, 0.6) is 0 Å². The van der Waals surface area contributed by atoms with Gasteiger partial charge in [0, 0.05) is 38.7 Å². The number of aryl methyl sites for hydroxylation is 1. The lowest BCUT2D eigenvalue weighted by Gasteiger charge is -2.28. The summed E-state index contributed by atoms with van der Waals surface area (Å²) < 4.78 is 0. The van der Waals surface area contributed by atoms with E-state index < -0.39 is 0 Å². The van der Waals surface area contributed by atoms with Crippen molar-refractivity contribution in [2.24, 2.45) is 5.41 Å². The van der Waals surface area contributed by atoms with Crippen LogP contribution in [0.2, 0.25) is 0 Å². The van der Waals surface area contributed by atoms with Gasteiger partial charge in [-0.1, -0.05) is 20.8 Å². The number of piperazine rings is 1. The van der Waals surface area contributed by atoms with Gasteiger partial charge in [-0.15, -0.1) is 0 Å². The highest BCUT2D eigenvalue weighted by molar-refractivity contribution is 5.47. The first kappa shape index (κ1) is 14.1. The Morgan fingerprint density at radius 1 is 1.26 bits per heavy atom. The first-order valence-corrected chi connectivity index (χ1v) is 7.03. The number of nitrogen functional groups attached to an aromatic ring is 1. The van der Waals surface area contributed by atoms with Crippen LogP contribution in [0.4, 0.5) is 11.6 Å². The van der Waals surface area contributed by atoms with Gasteiger partial charge in [-0.25, -0.2) is 9.97 Å². The molecule has 1 aliphatic heterocycles. The van der Waals surface area contributed by atoms with Crippen molar-refractivity contribution in [1.29, 1.82) is 0 Å². The Balaban J connectivity index is 2.10. The summed E-state index contributed by atoms with van der Waals surface area (Å²) in [5, 5.41) is 3.34. The van der Waals surface area contributed by atoms with Gasteiger partial charge >= 0.3 is 0 Å². The maximum absolute atomic E-state index is 5.91. The van der Waals surface area contributed by atoms with Gasteiger partial charge < -0.3 is 16.0 Å². The molecule has 1 saturated heterocycles. The third-order valence-corrected chi connectivity index (χ3v) is 3.32. The zero-order valence-electron chi connectivity index (χ0n) is 12.2. The molecule has 0 saturated carbocycles. The highest BCUT2D eigenvalue weighted by atomic mass is 15.2. The van der Waals surface area contributed by atoms with Gasteiger partial charge in [0.2, 0.25) is 0 Å². The monoisotopic (exact) mass is 263 g/mol. The van der Waals surface area contributed by atoms with Crippen molar-refractivity contribution < 1.29 is 0 Å². The Bertz CT molecular complexity index is 418. The third-order valence-electron chi connectivity index (χ3n) is 3.32. The number of nitrogens with one attached hydrogen (secondary N) is 1. The number of nitrogens with two attached hydrogens (primary N) is 1. The molecule has 1 aromatic heterocycles. The van der Waals surface area contributed by atoms with Crippen molar-refractivity contribution in [2.45, 2.75) is 33.6 Å². The second-order valence-corrected chi connectivity index (χ2v) is 6.36. The van der Waals surface area contributed by atoms with Gasteiger partial charge in [0.1, 0.15) is 17.5 Å². The molecule has 106 valence electrons. The van der Waals surface area contributed by atoms with E-state index in [2.05, 4.69) is 41.0 Å². The van der Waals surface area contributed by atoms with Crippen molar-refractivity contribution in [3.05, 3.63) is 11.9 Å². The predicted octanol–water partition coefficient (Wildman–Crippen LogP) is 1.45. The summed E-state index contributed by atoms with van der Waals surface area (Å²) in [7, 11) is 0. The van der Waals surface area contributed by atoms with E-state index in [1.54, 1.807) is 0 Å². The number of hydrogen-bond donors (Lipinski definition) is 2. The van der Waals surface area contributed by atoms with Crippen LogP contribution in [-0.2, 0) is 6.42 Å². The van der Waals surface area contributed by atoms with Gasteiger partial charge in [0.25, 0.3) is 0 Å². The summed E-state index contributed by atoms with van der Waals surface area (Å²) in [6, 6.07) is 1.88. The average Bonchev–Trinajstić information content (AvgIpc) is 2.36. The molecule has 19 heavy (non-hydrogen) atoms. The molecule has 0 aromatic carbocycles. The molecule has 0 spiro atoms. The largest absolute Gasteiger partial charge is 0.384 e. The molecule has 2 rings (SSSR count). The second kappa shape index (κ2) is 5.74. The fourth-order valence-corrected chi connectivity index (χ4v) is 2.16. The molecule has 0 aliphatic carbocycles. The lowest BCUT2D eigenvalue weighted by atomic mass is 9.90. The van der Waals surface area contributed by atoms with E-state index in [9.17, 15) is 0 Å². The van der Waals surface area contributed by atoms with E-state index in [0.29, 0.717) is 11.2 Å². The van der Waals surface area contributed by atoms with Crippen LogP contribution in [0, 0.1) is 5.41 Å². The number of hydrogen-bond acceptors (Lipinski definition) is 5. The van der Waals surface area contributed by atoms with Crippen molar-refractivity contribution >= 4 is 11.6 Å². The minimum absolute atomic E-state index is 0.295. The van der Waals surface area contributed by atoms with Gasteiger partial charge in [-0.3, -0.25) is 0 Å². The molecule has 1 aliphatic rings. The summed E-state index contributed by atoms with van der Waals surface area (Å²) in [5.41, 5.74) is 6.21. The zero-order valence-corrected chi connectivity index (χ0v) is 12.2. The Morgan fingerprint density at radius 3 is 2.58 bits per heavy atom. The zero-order chi connectivity index (χ0) is 13.9. The molecule has 2 heterocycles. The number of rotatable bonds is 3. The lowest BCUT2D eigenvalue weighted by molar-refractivity contribution is 0.374. The molecule has 1 fully saturated rings. The van der Waals surface area contributed by atoms with Crippen molar-refractivity contribution in [3.63, 3.8) is 0 Å². The Hall–Kier alpha value is -1.36. The smallest absolute Gasteiger partial charge is 0.134 e. The van der Waals surface area contributed by atoms with Crippen LogP contribution < -0.4 is 16.0 Å². The highest BCUT2D eigenvalue weighted by Crippen LogP contribution is 2.22. The second-order valence-electron chi connectivity index (χ2n) is 6.36. The SMILES string of the molecule is CC(C)(C)CCc1nc(N)cc(N2CCNCC2)n1. The molecule has 3 N–H and O–H groups in total. The number of nitrogens with zero attached hydrogens (tertiary/aromatic N) is 3. The topological polar surface area (TPSA) is 67.1 Å². The summed E-state index contributed by atoms with van der Waals surface area (Å²) in [6.07, 6.45) is 1.95. The fourth-order valence-electron chi connectivity index (χ4n) is 2.16. The first-order chi connectivity index (χ1) is 8.94. The Kier molecular flexibility index (Phi) is 4.24. The number of anilines is 2. The van der Waals surface area contributed by atoms with E-state index in [1.165, 1.54) is 0 Å². The normalized spacial score (nSPS) is 16.7. The van der Waals surface area contributed by atoms with Gasteiger partial charge in [0.15, 0.2) is 0 Å². The molecule has 1 aromatic rings. The molecular formula is C14H25N5. The summed E-state index contributed by atoms with van der Waals surface area (Å²) >= 11 is 0. The summed E-state index contributed by atoms with van der Waals surface area (Å²) in [6.45, 7) is 10.7. The van der Waals surface area contributed by atoms with Crippen LogP contribution in [-0.4, -0.2) is 36.1 Å². The van der Waals surface area contributed by atoms with Gasteiger partial charge in [-0.2, -0.15) is 0 Å². The van der Waals surface area contributed by atoms with Gasteiger partial charge in [-0.05, 0) is 11.8 Å². The molecule has 0 amide bonds. The summed E-state index contributed by atoms with van der Waals surface area (Å²) in [4.78, 5) is 11.3. The maximum Gasteiger partial charge on any atom is 0.134 e. The van der Waals surface area contributed by atoms with Crippen LogP contribution in [0.25, 0.3) is 0 Å². The quantitative estimate of drug-likeness (QED) is 0.864. The van der Waals surface area contributed by atoms with Crippen LogP contribution >= 0.6 is 0 Å². The van der Waals surface area contributed by atoms with Crippen LogP contribution in [0.3, 0.4) is 0 Å². The Labute approximate surface area is 115 Å². The van der Waals surface area contributed by atoms with E-state index in [0.717, 1.165) is 50.7 Å². The lowest BCUT2D eigenvalue weighted by Crippen LogP contribution is -2.44. The molecule has 5 heteroatoms. The minimum Gasteiger partial charge on any atom is -0.384 e. The molecule has 5 nitrogen and oxygen atoms in total. The van der Waals surface area contributed by atoms with E-state index in [-0.39, 0.29) is 0 Å². The van der Waals surface area contributed by atoms with E-state index in [1.807, 2.05) is 6.07 Å². The van der Waals surface area contributed by atoms with Crippen molar-refractivity contribution in [1.82, 2.24) is 15.3 Å². The number of aromatic nitrogens is 2. The first-order valence-electron chi connectivity index (χ1n) is 7.03. The fraction of sp³-hybridized carbons (Fsp3) is 0.714. The molecule has 0 radical (unpaired) electrons. The van der Waals surface area contributed by atoms with E-state index >= 15 is 0 Å². The van der Waals surface area contributed by atoms with Crippen LogP contribution in [0.1, 0.15) is 33.0 Å². The minimum atomic E-state index is 0.295. The molecule has 0 bridgehead atoms. The van der Waals surface area contributed by atoms with Crippen LogP contribution in [0.15, 0.2) is 6.07 Å². The standard InChI is InChI=1S/C14H25N5/c1-14(2,3)5-4-12-17-11(15)10-13(18-12)19-8-6-16-7-9-19/h10,16H,4-9H2,1-3H3,(H2,15,17,18). The van der Waals surface area contributed by atoms with Crippen molar-refractivity contribution in [3.8, 4) is 0 Å². The van der Waals surface area contributed by atoms with Gasteiger partial charge in [0.05, 0.1) is 0 Å². The predicted molar refractivity (Wildman–Crippen MR) is 79.3 cm³/mol. The average molecular weight is 263 g/mol. The maximum atomic E-state index is 5.91. The molecule has 0 unspecified atom stereocenters. The van der Waals surface area contributed by atoms with E-state index in [4.69, 9.17) is 5.73 Å². The highest BCUT2D eigenvalue weighted by Gasteiger charge is 2.15. The summed E-state index contributed by atoms with van der Waals surface area (Å²) in [5.74, 6) is 2.41.